The zero-order valence-electron chi connectivity index (χ0n) is 14.9. The average Bonchev–Trinajstić information content (AvgIpc) is 2.61. The van der Waals surface area contributed by atoms with Gasteiger partial charge in [0.1, 0.15) is 0 Å². The van der Waals surface area contributed by atoms with Crippen molar-refractivity contribution in [3.05, 3.63) is 11.9 Å². The molecule has 0 spiro atoms. The summed E-state index contributed by atoms with van der Waals surface area (Å²) in [5.74, 6) is 6.97. The molecule has 0 aromatic rings. The number of hydrogen-bond acceptors (Lipinski definition) is 0. The quantitative estimate of drug-likeness (QED) is 0.365. The minimum absolute atomic E-state index is 0.531. The van der Waals surface area contributed by atoms with Crippen molar-refractivity contribution in [3.63, 3.8) is 0 Å². The van der Waals surface area contributed by atoms with Gasteiger partial charge >= 0.3 is 6.08 Å². The van der Waals surface area contributed by atoms with Gasteiger partial charge in [-0.1, -0.05) is 25.7 Å². The van der Waals surface area contributed by atoms with E-state index in [1.165, 1.54) is 44.9 Å². The van der Waals surface area contributed by atoms with Gasteiger partial charge in [-0.05, 0) is 69.6 Å². The largest absolute Gasteiger partial charge is 0.301 e. The third-order valence-corrected chi connectivity index (χ3v) is 5.96. The van der Waals surface area contributed by atoms with Crippen molar-refractivity contribution < 1.29 is 13.2 Å². The smallest absolute Gasteiger partial charge is 0.206 e. The van der Waals surface area contributed by atoms with Crippen LogP contribution in [0.3, 0.4) is 0 Å². The molecule has 0 nitrogen and oxygen atoms in total. The third-order valence-electron chi connectivity index (χ3n) is 5.96. The van der Waals surface area contributed by atoms with E-state index in [4.69, 9.17) is 0 Å². The molecule has 0 saturated heterocycles. The second-order valence-electron chi connectivity index (χ2n) is 7.61. The molecule has 0 aromatic carbocycles. The molecular formula is C21H31F3. The minimum atomic E-state index is -2.11. The van der Waals surface area contributed by atoms with E-state index in [9.17, 15) is 13.2 Å². The van der Waals surface area contributed by atoms with Crippen LogP contribution in [-0.4, -0.2) is 0 Å². The number of rotatable bonds is 5. The Morgan fingerprint density at radius 3 is 1.96 bits per heavy atom. The van der Waals surface area contributed by atoms with E-state index in [0.29, 0.717) is 30.6 Å². The van der Waals surface area contributed by atoms with Gasteiger partial charge in [-0.15, -0.1) is 5.92 Å². The Kier molecular flexibility index (Phi) is 8.22. The van der Waals surface area contributed by atoms with E-state index < -0.39 is 17.8 Å². The molecule has 3 heteroatoms. The fourth-order valence-electron chi connectivity index (χ4n) is 4.41. The van der Waals surface area contributed by atoms with Gasteiger partial charge in [-0.3, -0.25) is 0 Å². The Morgan fingerprint density at radius 1 is 0.833 bits per heavy atom. The molecule has 24 heavy (non-hydrogen) atoms. The van der Waals surface area contributed by atoms with Gasteiger partial charge in [0.05, 0.1) is 0 Å². The monoisotopic (exact) mass is 340 g/mol. The average molecular weight is 340 g/mol. The van der Waals surface area contributed by atoms with E-state index in [2.05, 4.69) is 18.8 Å². The van der Waals surface area contributed by atoms with Crippen LogP contribution in [0.5, 0.6) is 0 Å². The van der Waals surface area contributed by atoms with Crippen molar-refractivity contribution in [1.29, 1.82) is 0 Å². The first kappa shape index (κ1) is 19.4. The summed E-state index contributed by atoms with van der Waals surface area (Å²) in [4.78, 5) is 0. The van der Waals surface area contributed by atoms with Crippen LogP contribution >= 0.6 is 0 Å². The Bertz CT molecular complexity index is 451. The maximum absolute atomic E-state index is 13.3. The minimum Gasteiger partial charge on any atom is -0.206 e. The first-order chi connectivity index (χ1) is 11.6. The Balaban J connectivity index is 1.69. The van der Waals surface area contributed by atoms with Gasteiger partial charge in [0.15, 0.2) is 5.83 Å². The number of unbranched alkanes of at least 4 members (excludes halogenated alkanes) is 3. The van der Waals surface area contributed by atoms with Crippen molar-refractivity contribution in [2.45, 2.75) is 84.0 Å². The summed E-state index contributed by atoms with van der Waals surface area (Å²) in [5.41, 5.74) is 0. The van der Waals surface area contributed by atoms with E-state index in [0.717, 1.165) is 19.3 Å². The van der Waals surface area contributed by atoms with Crippen LogP contribution in [-0.2, 0) is 0 Å². The molecule has 2 aliphatic carbocycles. The second-order valence-corrected chi connectivity index (χ2v) is 7.61. The first-order valence-electron chi connectivity index (χ1n) is 9.80. The second kappa shape index (κ2) is 10.2. The van der Waals surface area contributed by atoms with E-state index >= 15 is 0 Å². The molecule has 0 radical (unpaired) electrons. The SMILES string of the molecule is CCCCCC#CC1CCC(C2CCC(C(F)=C(F)F)CC2)CC1. The lowest BCUT2D eigenvalue weighted by Gasteiger charge is -2.36. The summed E-state index contributed by atoms with van der Waals surface area (Å²) in [6, 6.07) is 0. The van der Waals surface area contributed by atoms with Gasteiger partial charge < -0.3 is 0 Å². The Hall–Kier alpha value is -0.910. The van der Waals surface area contributed by atoms with E-state index in [-0.39, 0.29) is 0 Å². The fourth-order valence-corrected chi connectivity index (χ4v) is 4.41. The number of halogens is 3. The van der Waals surface area contributed by atoms with Gasteiger partial charge in [-0.25, -0.2) is 4.39 Å². The van der Waals surface area contributed by atoms with Crippen LogP contribution in [0.2, 0.25) is 0 Å². The molecule has 0 heterocycles. The zero-order chi connectivity index (χ0) is 17.4. The lowest BCUT2D eigenvalue weighted by molar-refractivity contribution is 0.155. The third kappa shape index (κ3) is 5.87. The van der Waals surface area contributed by atoms with Gasteiger partial charge in [0, 0.05) is 18.3 Å². The molecule has 0 N–H and O–H groups in total. The lowest BCUT2D eigenvalue weighted by Crippen LogP contribution is -2.25. The van der Waals surface area contributed by atoms with E-state index in [1.807, 2.05) is 0 Å². The molecule has 2 fully saturated rings. The summed E-state index contributed by atoms with van der Waals surface area (Å²) in [7, 11) is 0. The van der Waals surface area contributed by atoms with Crippen molar-refractivity contribution in [3.8, 4) is 11.8 Å². The highest BCUT2D eigenvalue weighted by Gasteiger charge is 2.32. The van der Waals surface area contributed by atoms with Crippen LogP contribution in [0.4, 0.5) is 13.2 Å². The van der Waals surface area contributed by atoms with E-state index in [1.54, 1.807) is 0 Å². The highest BCUT2D eigenvalue weighted by atomic mass is 19.3. The first-order valence-corrected chi connectivity index (χ1v) is 9.80. The lowest BCUT2D eigenvalue weighted by atomic mass is 9.69. The maximum Gasteiger partial charge on any atom is 0.301 e. The van der Waals surface area contributed by atoms with Crippen molar-refractivity contribution in [1.82, 2.24) is 0 Å². The zero-order valence-corrected chi connectivity index (χ0v) is 14.9. The molecule has 136 valence electrons. The normalized spacial score (nSPS) is 30.3. The topological polar surface area (TPSA) is 0 Å². The standard InChI is InChI=1S/C21H31F3/c1-2-3-4-5-6-7-16-8-10-17(11-9-16)18-12-14-19(15-13-18)20(22)21(23)24/h16-19H,2-5,8-15H2,1H3. The Labute approximate surface area is 145 Å². The molecule has 0 aliphatic heterocycles. The predicted molar refractivity (Wildman–Crippen MR) is 93.2 cm³/mol. The molecule has 0 unspecified atom stereocenters. The fraction of sp³-hybridized carbons (Fsp3) is 0.810. The molecule has 0 bridgehead atoms. The van der Waals surface area contributed by atoms with Crippen LogP contribution in [0.25, 0.3) is 0 Å². The number of allylic oxidation sites excluding steroid dienone is 1. The van der Waals surface area contributed by atoms with Crippen LogP contribution < -0.4 is 0 Å². The summed E-state index contributed by atoms with van der Waals surface area (Å²) in [6.07, 6.45) is 10.4. The molecule has 2 aliphatic rings. The number of hydrogen-bond donors (Lipinski definition) is 0. The molecule has 0 atom stereocenters. The summed E-state index contributed by atoms with van der Waals surface area (Å²) in [5, 5.41) is 0. The summed E-state index contributed by atoms with van der Waals surface area (Å²) < 4.78 is 38.1. The maximum atomic E-state index is 13.3. The highest BCUT2D eigenvalue weighted by Crippen LogP contribution is 2.43. The van der Waals surface area contributed by atoms with Crippen LogP contribution in [0, 0.1) is 35.5 Å². The van der Waals surface area contributed by atoms with Crippen molar-refractivity contribution in [2.75, 3.05) is 0 Å². The molecule has 2 saturated carbocycles. The summed E-state index contributed by atoms with van der Waals surface area (Å²) >= 11 is 0. The van der Waals surface area contributed by atoms with Gasteiger partial charge in [0.25, 0.3) is 0 Å². The van der Waals surface area contributed by atoms with Gasteiger partial charge in [0.2, 0.25) is 0 Å². The molecular weight excluding hydrogens is 309 g/mol. The molecule has 0 amide bonds. The molecule has 2 rings (SSSR count). The predicted octanol–water partition coefficient (Wildman–Crippen LogP) is 7.26. The van der Waals surface area contributed by atoms with Crippen molar-refractivity contribution in [2.24, 2.45) is 23.7 Å². The van der Waals surface area contributed by atoms with Crippen LogP contribution in [0.1, 0.15) is 84.0 Å². The van der Waals surface area contributed by atoms with Crippen molar-refractivity contribution >= 4 is 0 Å². The van der Waals surface area contributed by atoms with Crippen LogP contribution in [0.15, 0.2) is 11.9 Å². The highest BCUT2D eigenvalue weighted by molar-refractivity contribution is 5.05. The molecule has 0 aromatic heterocycles. The Morgan fingerprint density at radius 2 is 1.42 bits per heavy atom. The summed E-state index contributed by atoms with van der Waals surface area (Å²) in [6.45, 7) is 2.21. The van der Waals surface area contributed by atoms with Gasteiger partial charge in [-0.2, -0.15) is 8.78 Å².